The highest BCUT2D eigenvalue weighted by atomic mass is 31.2. The molecule has 0 aromatic rings. The number of amides is 1. The van der Waals surface area contributed by atoms with E-state index in [9.17, 15) is 34.1 Å². The van der Waals surface area contributed by atoms with Crippen molar-refractivity contribution in [2.24, 2.45) is 0 Å². The number of carboxylic acid groups (broad SMARTS) is 1. The van der Waals surface area contributed by atoms with Crippen molar-refractivity contribution in [1.29, 1.82) is 0 Å². The minimum Gasteiger partial charge on any atom is -0.480 e. The Kier molecular flexibility index (Phi) is 24.8. The Hall–Kier alpha value is -1.78. The molecule has 0 saturated carbocycles. The molecule has 0 aliphatic heterocycles. The number of carbonyl (C=O) groups excluding carboxylic acids is 2. The van der Waals surface area contributed by atoms with Gasteiger partial charge in [0.25, 0.3) is 0 Å². The number of aliphatic carboxylic acids is 1. The molecule has 1 amide bonds. The Morgan fingerprint density at radius 1 is 0.756 bits per heavy atom. The Bertz CT molecular complexity index is 777. The number of hydrogen-bond acceptors (Lipinski definition) is 8. The van der Waals surface area contributed by atoms with Crippen molar-refractivity contribution in [2.75, 3.05) is 19.8 Å². The van der Waals surface area contributed by atoms with Crippen molar-refractivity contribution in [1.82, 2.24) is 5.32 Å². The highest BCUT2D eigenvalue weighted by Gasteiger charge is 2.28. The lowest BCUT2D eigenvalue weighted by Gasteiger charge is -2.18. The highest BCUT2D eigenvalue weighted by Crippen LogP contribution is 2.43. The number of carbonyl (C=O) groups is 3. The van der Waals surface area contributed by atoms with Crippen LogP contribution in [-0.4, -0.2) is 64.9 Å². The van der Waals surface area contributed by atoms with Gasteiger partial charge in [0.2, 0.25) is 5.91 Å². The first-order valence-corrected chi connectivity index (χ1v) is 16.7. The maximum Gasteiger partial charge on any atom is 0.472 e. The molecule has 0 aliphatic carbocycles. The normalized spacial score (nSPS) is 14.4. The fraction of sp³-hybridized carbons (Fsp3) is 0.828. The Morgan fingerprint density at radius 2 is 1.27 bits per heavy atom. The summed E-state index contributed by atoms with van der Waals surface area (Å²) in [5.74, 6) is -2.41. The first-order chi connectivity index (χ1) is 19.6. The van der Waals surface area contributed by atoms with Gasteiger partial charge in [-0.1, -0.05) is 83.8 Å². The minimum atomic E-state index is -4.72. The van der Waals surface area contributed by atoms with Crippen LogP contribution in [-0.2, 0) is 32.7 Å². The number of ether oxygens (including phenoxy) is 1. The number of aliphatic hydroxyl groups excluding tert-OH is 1. The fourth-order valence-corrected chi connectivity index (χ4v) is 4.61. The van der Waals surface area contributed by atoms with Gasteiger partial charge in [-0.2, -0.15) is 0 Å². The van der Waals surface area contributed by atoms with Gasteiger partial charge >= 0.3 is 19.8 Å². The minimum absolute atomic E-state index is 0.138. The van der Waals surface area contributed by atoms with E-state index in [4.69, 9.17) is 4.74 Å². The zero-order valence-corrected chi connectivity index (χ0v) is 26.0. The van der Waals surface area contributed by atoms with Gasteiger partial charge in [0.1, 0.15) is 12.7 Å². The van der Waals surface area contributed by atoms with Crippen LogP contribution in [0.3, 0.4) is 0 Å². The topological polar surface area (TPSA) is 169 Å². The van der Waals surface area contributed by atoms with Crippen LogP contribution < -0.4 is 5.32 Å². The van der Waals surface area contributed by atoms with E-state index >= 15 is 0 Å². The zero-order valence-electron chi connectivity index (χ0n) is 25.1. The van der Waals surface area contributed by atoms with Gasteiger partial charge in [-0.3, -0.25) is 18.6 Å². The first-order valence-electron chi connectivity index (χ1n) is 15.2. The second kappa shape index (κ2) is 25.9. The maximum atomic E-state index is 12.0. The van der Waals surface area contributed by atoms with E-state index in [1.165, 1.54) is 25.7 Å². The summed E-state index contributed by atoms with van der Waals surface area (Å²) >= 11 is 0. The highest BCUT2D eigenvalue weighted by molar-refractivity contribution is 7.47. The van der Waals surface area contributed by atoms with Crippen LogP contribution in [0.4, 0.5) is 0 Å². The average Bonchev–Trinajstić information content (AvgIpc) is 2.93. The predicted molar refractivity (Wildman–Crippen MR) is 157 cm³/mol. The molecule has 41 heavy (non-hydrogen) atoms. The molecule has 240 valence electrons. The number of allylic oxidation sites excluding steroid dienone is 2. The van der Waals surface area contributed by atoms with Gasteiger partial charge in [-0.25, -0.2) is 9.36 Å². The molecule has 0 bridgehead atoms. The molecule has 11 nitrogen and oxygen atoms in total. The number of carboxylic acids is 1. The smallest absolute Gasteiger partial charge is 0.472 e. The molecule has 0 aromatic heterocycles. The number of rotatable bonds is 28. The van der Waals surface area contributed by atoms with Crippen molar-refractivity contribution in [2.45, 2.75) is 135 Å². The van der Waals surface area contributed by atoms with Crippen LogP contribution in [0, 0.1) is 0 Å². The van der Waals surface area contributed by atoms with E-state index in [1.807, 2.05) is 6.92 Å². The number of phosphoric ester groups is 1. The number of nitrogens with one attached hydrogen (secondary N) is 1. The lowest BCUT2D eigenvalue weighted by molar-refractivity contribution is -0.147. The second-order valence-corrected chi connectivity index (χ2v) is 11.7. The number of unbranched alkanes of at least 4 members (excludes halogenated alkanes) is 12. The van der Waals surface area contributed by atoms with Gasteiger partial charge in [0.15, 0.2) is 6.04 Å². The summed E-state index contributed by atoms with van der Waals surface area (Å²) in [6.45, 7) is 2.34. The zero-order chi connectivity index (χ0) is 30.8. The molecule has 0 spiro atoms. The summed E-state index contributed by atoms with van der Waals surface area (Å²) < 4.78 is 26.4. The molecule has 0 saturated heterocycles. The second-order valence-electron chi connectivity index (χ2n) is 10.3. The average molecular weight is 608 g/mol. The number of phosphoric acid groups is 1. The molecular weight excluding hydrogens is 553 g/mol. The summed E-state index contributed by atoms with van der Waals surface area (Å²) in [5.41, 5.74) is 0. The summed E-state index contributed by atoms with van der Waals surface area (Å²) in [6.07, 6.45) is 19.1. The third-order valence-corrected chi connectivity index (χ3v) is 7.26. The number of hydrogen-bond donors (Lipinski definition) is 4. The molecule has 3 atom stereocenters. The van der Waals surface area contributed by atoms with E-state index in [0.717, 1.165) is 57.8 Å². The van der Waals surface area contributed by atoms with Crippen LogP contribution in [0.1, 0.15) is 123 Å². The van der Waals surface area contributed by atoms with Gasteiger partial charge in [-0.05, 0) is 38.5 Å². The van der Waals surface area contributed by atoms with Crippen molar-refractivity contribution in [3.63, 3.8) is 0 Å². The molecule has 3 unspecified atom stereocenters. The Labute approximate surface area is 246 Å². The largest absolute Gasteiger partial charge is 0.480 e. The SMILES string of the molecule is CCCCCC/C=C\CCCCCCCC(=O)OCC(O)COP(=O)(O)OCC(NC(=O)CCCCCC)C(=O)O. The Morgan fingerprint density at radius 3 is 1.88 bits per heavy atom. The van der Waals surface area contributed by atoms with E-state index in [2.05, 4.69) is 33.4 Å². The molecule has 12 heteroatoms. The summed E-state index contributed by atoms with van der Waals surface area (Å²) in [6, 6.07) is -1.54. The number of esters is 1. The van der Waals surface area contributed by atoms with E-state index in [1.54, 1.807) is 0 Å². The van der Waals surface area contributed by atoms with Gasteiger partial charge < -0.3 is 25.2 Å². The summed E-state index contributed by atoms with van der Waals surface area (Å²) in [7, 11) is -4.72. The predicted octanol–water partition coefficient (Wildman–Crippen LogP) is 5.82. The van der Waals surface area contributed by atoms with Gasteiger partial charge in [-0.15, -0.1) is 0 Å². The molecule has 0 fully saturated rings. The van der Waals surface area contributed by atoms with Crippen LogP contribution in [0.25, 0.3) is 0 Å². The lowest BCUT2D eigenvalue weighted by atomic mass is 10.1. The Balaban J connectivity index is 3.98. The van der Waals surface area contributed by atoms with Crippen LogP contribution in [0.5, 0.6) is 0 Å². The molecule has 0 aliphatic rings. The van der Waals surface area contributed by atoms with E-state index < -0.39 is 57.6 Å². The van der Waals surface area contributed by atoms with Crippen LogP contribution in [0.15, 0.2) is 12.2 Å². The van der Waals surface area contributed by atoms with Crippen molar-refractivity contribution in [3.8, 4) is 0 Å². The molecule has 0 radical (unpaired) electrons. The van der Waals surface area contributed by atoms with Gasteiger partial charge in [0.05, 0.1) is 13.2 Å². The molecule has 0 heterocycles. The lowest BCUT2D eigenvalue weighted by Crippen LogP contribution is -2.43. The fourth-order valence-electron chi connectivity index (χ4n) is 3.84. The first kappa shape index (κ1) is 39.2. The number of aliphatic hydroxyl groups is 1. The van der Waals surface area contributed by atoms with Crippen LogP contribution >= 0.6 is 7.82 Å². The van der Waals surface area contributed by atoms with Crippen molar-refractivity contribution in [3.05, 3.63) is 12.2 Å². The van der Waals surface area contributed by atoms with E-state index in [-0.39, 0.29) is 12.8 Å². The summed E-state index contributed by atoms with van der Waals surface area (Å²) in [4.78, 5) is 44.9. The van der Waals surface area contributed by atoms with Gasteiger partial charge in [0, 0.05) is 12.8 Å². The molecule has 4 N–H and O–H groups in total. The maximum absolute atomic E-state index is 12.0. The third kappa shape index (κ3) is 25.6. The molecule has 0 aromatic carbocycles. The standard InChI is InChI=1S/C29H54NO10P/c1-3-5-7-9-10-11-12-13-14-15-16-17-19-21-28(33)38-22-25(31)23-39-41(36,37)40-24-26(29(34)35)30-27(32)20-18-8-6-4-2/h11-12,25-26,31H,3-10,13-24H2,1-2H3,(H,30,32)(H,34,35)(H,36,37)/b12-11-. The van der Waals surface area contributed by atoms with Crippen molar-refractivity contribution < 1.29 is 47.8 Å². The van der Waals surface area contributed by atoms with E-state index in [0.29, 0.717) is 12.8 Å². The summed E-state index contributed by atoms with van der Waals surface area (Å²) in [5, 5.41) is 21.4. The monoisotopic (exact) mass is 607 g/mol. The van der Waals surface area contributed by atoms with Crippen molar-refractivity contribution >= 4 is 25.7 Å². The third-order valence-electron chi connectivity index (χ3n) is 6.30. The quantitative estimate of drug-likeness (QED) is 0.0368. The molecule has 0 rings (SSSR count). The molecular formula is C29H54NO10P. The van der Waals surface area contributed by atoms with Crippen LogP contribution in [0.2, 0.25) is 0 Å².